The average molecular weight is 472 g/mol. The Balaban J connectivity index is 1.49. The lowest BCUT2D eigenvalue weighted by Crippen LogP contribution is -2.46. The number of aliphatic hydroxyl groups is 1. The number of hydrogen-bond acceptors (Lipinski definition) is 5. The first-order chi connectivity index (χ1) is 15.1. The van der Waals surface area contributed by atoms with Crippen molar-refractivity contribution in [1.82, 2.24) is 19.6 Å². The van der Waals surface area contributed by atoms with Crippen molar-refractivity contribution in [1.29, 1.82) is 0 Å². The smallest absolute Gasteiger partial charge is 0.356 e. The van der Waals surface area contributed by atoms with Gasteiger partial charge < -0.3 is 15.2 Å². The molecule has 4 atom stereocenters. The first-order valence-corrected chi connectivity index (χ1v) is 10.8. The number of likely N-dealkylation sites (tertiary alicyclic amines) is 1. The molecule has 1 aliphatic heterocycles. The van der Waals surface area contributed by atoms with E-state index in [2.05, 4.69) is 10.3 Å². The summed E-state index contributed by atoms with van der Waals surface area (Å²) in [5.41, 5.74) is -3.81. The maximum Gasteiger partial charge on any atom is 0.435 e. The van der Waals surface area contributed by atoms with Gasteiger partial charge in [-0.05, 0) is 58.6 Å². The summed E-state index contributed by atoms with van der Waals surface area (Å²) in [6.45, 7) is 9.54. The fourth-order valence-corrected chi connectivity index (χ4v) is 4.70. The number of amides is 1. The molecule has 1 saturated carbocycles. The van der Waals surface area contributed by atoms with Gasteiger partial charge >= 0.3 is 6.18 Å². The van der Waals surface area contributed by atoms with Gasteiger partial charge in [0.25, 0.3) is 0 Å². The Bertz CT molecular complexity index is 1060. The lowest BCUT2D eigenvalue weighted by Gasteiger charge is -2.31. The Morgan fingerprint density at radius 3 is 2.36 bits per heavy atom. The molecule has 0 aromatic carbocycles. The molecule has 2 N–H and O–H groups in total. The number of carbonyl (C=O) groups is 1. The van der Waals surface area contributed by atoms with Gasteiger partial charge in [-0.1, -0.05) is 0 Å². The van der Waals surface area contributed by atoms with Crippen LogP contribution in [0.4, 0.5) is 17.6 Å². The third kappa shape index (κ3) is 4.45. The predicted octanol–water partition coefficient (Wildman–Crippen LogP) is 3.11. The largest absolute Gasteiger partial charge is 0.435 e. The van der Waals surface area contributed by atoms with Crippen LogP contribution >= 0.6 is 0 Å². The number of imidazole rings is 1. The molecule has 0 radical (unpaired) electrons. The molecule has 1 amide bonds. The molecule has 3 heterocycles. The van der Waals surface area contributed by atoms with Crippen LogP contribution in [0.25, 0.3) is 5.52 Å². The van der Waals surface area contributed by atoms with Crippen LogP contribution in [0.3, 0.4) is 0 Å². The molecule has 2 aliphatic rings. The molecule has 4 rings (SSSR count). The zero-order valence-corrected chi connectivity index (χ0v) is 19.1. The molecule has 2 unspecified atom stereocenters. The van der Waals surface area contributed by atoms with Gasteiger partial charge in [-0.25, -0.2) is 9.37 Å². The van der Waals surface area contributed by atoms with Crippen LogP contribution < -0.4 is 5.32 Å². The van der Waals surface area contributed by atoms with E-state index in [1.807, 2.05) is 20.8 Å². The average Bonchev–Trinajstić information content (AvgIpc) is 3.00. The number of halogens is 4. The molecule has 0 bridgehead atoms. The van der Waals surface area contributed by atoms with Crippen LogP contribution in [-0.4, -0.2) is 50.4 Å². The zero-order chi connectivity index (χ0) is 24.5. The van der Waals surface area contributed by atoms with Gasteiger partial charge in [-0.3, -0.25) is 14.1 Å². The summed E-state index contributed by atoms with van der Waals surface area (Å²) in [6.07, 6.45) is -4.62. The molecule has 0 spiro atoms. The Kier molecular flexibility index (Phi) is 5.53. The van der Waals surface area contributed by atoms with E-state index >= 15 is 0 Å². The normalized spacial score (nSPS) is 24.7. The summed E-state index contributed by atoms with van der Waals surface area (Å²) in [5, 5.41) is 13.0. The molecule has 1 aliphatic carbocycles. The molecule has 7 nitrogen and oxygen atoms in total. The Labute approximate surface area is 188 Å². The van der Waals surface area contributed by atoms with Crippen LogP contribution in [0.15, 0.2) is 18.3 Å². The lowest BCUT2D eigenvalue weighted by molar-refractivity contribution is -0.236. The molecule has 1 saturated heterocycles. The fourth-order valence-electron chi connectivity index (χ4n) is 4.70. The number of ether oxygens (including phenoxy) is 1. The van der Waals surface area contributed by atoms with Crippen molar-refractivity contribution in [3.05, 3.63) is 35.7 Å². The summed E-state index contributed by atoms with van der Waals surface area (Å²) in [6, 6.07) is 2.23. The summed E-state index contributed by atoms with van der Waals surface area (Å²) < 4.78 is 61.3. The number of nitrogens with zero attached hydrogens (tertiary/aromatic N) is 3. The first kappa shape index (κ1) is 23.9. The van der Waals surface area contributed by atoms with E-state index in [1.165, 1.54) is 26.1 Å². The van der Waals surface area contributed by atoms with Gasteiger partial charge in [-0.15, -0.1) is 0 Å². The quantitative estimate of drug-likeness (QED) is 0.517. The maximum atomic E-state index is 14.3. The molecular formula is C22H28F4N4O3. The minimum atomic E-state index is -4.85. The second-order valence-corrected chi connectivity index (χ2v) is 10.3. The van der Waals surface area contributed by atoms with Crippen molar-refractivity contribution >= 4 is 11.4 Å². The molecule has 11 heteroatoms. The Morgan fingerprint density at radius 1 is 1.21 bits per heavy atom. The van der Waals surface area contributed by atoms with Gasteiger partial charge in [0.05, 0.1) is 11.1 Å². The number of rotatable bonds is 5. The molecule has 2 aromatic rings. The van der Waals surface area contributed by atoms with E-state index < -0.39 is 40.8 Å². The predicted molar refractivity (Wildman–Crippen MR) is 110 cm³/mol. The van der Waals surface area contributed by atoms with Crippen LogP contribution in [0.5, 0.6) is 0 Å². The minimum Gasteiger partial charge on any atom is -0.356 e. The number of alkyl halides is 3. The van der Waals surface area contributed by atoms with Gasteiger partial charge in [0.2, 0.25) is 12.3 Å². The summed E-state index contributed by atoms with van der Waals surface area (Å²) in [4.78, 5) is 18.4. The Hall–Kier alpha value is -2.24. The first-order valence-electron chi connectivity index (χ1n) is 10.8. The second kappa shape index (κ2) is 7.64. The standard InChI is InChI=1S/C22H28F4N4O3/c1-20(2,3)33-19(32)29-9-11-12(10-29)14(11)17(31)28-21(4,5)18-27-16(22(24,25)26)15-13(23)7-6-8-30(15)18/h6-8,11-12,14,19,32H,9-10H2,1-5H3,(H,28,31)/t11-,12+,14?,19?. The van der Waals surface area contributed by atoms with E-state index in [9.17, 15) is 27.5 Å². The summed E-state index contributed by atoms with van der Waals surface area (Å²) in [5.74, 6) is -1.72. The third-order valence-electron chi connectivity index (χ3n) is 6.17. The summed E-state index contributed by atoms with van der Waals surface area (Å²) in [7, 11) is 0. The zero-order valence-electron chi connectivity index (χ0n) is 19.1. The highest BCUT2D eigenvalue weighted by Crippen LogP contribution is 2.52. The lowest BCUT2D eigenvalue weighted by atomic mass is 10.0. The van der Waals surface area contributed by atoms with E-state index in [0.717, 1.165) is 10.5 Å². The molecular weight excluding hydrogens is 444 g/mol. The van der Waals surface area contributed by atoms with Gasteiger partial charge in [-0.2, -0.15) is 13.2 Å². The number of carbonyl (C=O) groups excluding carboxylic acids is 1. The molecule has 33 heavy (non-hydrogen) atoms. The van der Waals surface area contributed by atoms with Crippen molar-refractivity contribution < 1.29 is 32.2 Å². The monoisotopic (exact) mass is 472 g/mol. The van der Waals surface area contributed by atoms with Crippen LogP contribution in [0, 0.1) is 23.6 Å². The van der Waals surface area contributed by atoms with Crippen LogP contribution in [0.1, 0.15) is 46.1 Å². The third-order valence-corrected chi connectivity index (χ3v) is 6.17. The highest BCUT2D eigenvalue weighted by atomic mass is 19.4. The van der Waals surface area contributed by atoms with E-state index in [4.69, 9.17) is 4.74 Å². The van der Waals surface area contributed by atoms with Gasteiger partial charge in [0.15, 0.2) is 5.69 Å². The number of fused-ring (bicyclic) bond motifs is 2. The van der Waals surface area contributed by atoms with Crippen LogP contribution in [0.2, 0.25) is 0 Å². The number of aliphatic hydroxyl groups excluding tert-OH is 1. The van der Waals surface area contributed by atoms with Gasteiger partial charge in [0.1, 0.15) is 17.2 Å². The van der Waals surface area contributed by atoms with Crippen LogP contribution in [-0.2, 0) is 21.2 Å². The van der Waals surface area contributed by atoms with E-state index in [0.29, 0.717) is 13.1 Å². The summed E-state index contributed by atoms with van der Waals surface area (Å²) >= 11 is 0. The number of pyridine rings is 1. The number of hydrogen-bond donors (Lipinski definition) is 2. The number of nitrogens with one attached hydrogen (secondary N) is 1. The van der Waals surface area contributed by atoms with E-state index in [1.54, 1.807) is 4.90 Å². The SMILES string of the molecule is CC(C)(C)OC(O)N1C[C@@H]2C(C(=O)NC(C)(C)c3nc(C(F)(F)F)c4c(F)cccn34)[C@@H]2C1. The molecule has 182 valence electrons. The van der Waals surface area contributed by atoms with Crippen molar-refractivity contribution in [3.63, 3.8) is 0 Å². The van der Waals surface area contributed by atoms with Crippen molar-refractivity contribution in [2.45, 2.75) is 58.3 Å². The minimum absolute atomic E-state index is 0.0271. The number of aromatic nitrogens is 2. The Morgan fingerprint density at radius 2 is 1.82 bits per heavy atom. The highest BCUT2D eigenvalue weighted by Gasteiger charge is 2.61. The highest BCUT2D eigenvalue weighted by molar-refractivity contribution is 5.83. The van der Waals surface area contributed by atoms with E-state index in [-0.39, 0.29) is 29.5 Å². The molecule has 2 fully saturated rings. The van der Waals surface area contributed by atoms with Crippen molar-refractivity contribution in [2.24, 2.45) is 17.8 Å². The maximum absolute atomic E-state index is 14.3. The molecule has 2 aromatic heterocycles. The van der Waals surface area contributed by atoms with Crippen molar-refractivity contribution in [2.75, 3.05) is 13.1 Å². The topological polar surface area (TPSA) is 79.1 Å². The van der Waals surface area contributed by atoms with Crippen molar-refractivity contribution in [3.8, 4) is 0 Å². The fraction of sp³-hybridized carbons (Fsp3) is 0.636. The van der Waals surface area contributed by atoms with Gasteiger partial charge in [0, 0.05) is 25.2 Å². The number of piperidine rings is 1. The second-order valence-electron chi connectivity index (χ2n) is 10.3.